The molecular weight excluding hydrogens is 490 g/mol. The average Bonchev–Trinajstić information content (AvgIpc) is 3.59. The predicted octanol–water partition coefficient (Wildman–Crippen LogP) is 3.24. The summed E-state index contributed by atoms with van der Waals surface area (Å²) in [5.41, 5.74) is 3.92. The maximum Gasteiger partial charge on any atom is 0.252 e. The van der Waals surface area contributed by atoms with Crippen LogP contribution in [0.2, 0.25) is 0 Å². The zero-order valence-electron chi connectivity index (χ0n) is 20.1. The number of fused-ring (bicyclic) bond motifs is 2. The van der Waals surface area contributed by atoms with Crippen LogP contribution in [0.4, 0.5) is 5.82 Å². The molecule has 3 N–H and O–H groups in total. The standard InChI is InChI=1S/C26H25N7O3S/c1-15(34)11-28-26(35)17-9-16(12-27-13-17)22-10-21-23(37-22)25(33-5-7-36-8-6-33)31-24(30-21)18-3-2-4-20-19(18)14-29-32-20/h2-4,9-10,12-15,34H,5-8,11H2,1H3,(H,28,35)(H,29,32)/t15-/m0/s1. The molecule has 1 aromatic carbocycles. The van der Waals surface area contributed by atoms with Crippen LogP contribution in [0.5, 0.6) is 0 Å². The number of nitrogens with one attached hydrogen (secondary N) is 2. The maximum atomic E-state index is 12.5. The molecule has 5 aromatic rings. The van der Waals surface area contributed by atoms with E-state index in [1.54, 1.807) is 30.7 Å². The van der Waals surface area contributed by atoms with E-state index in [9.17, 15) is 9.90 Å². The van der Waals surface area contributed by atoms with Crippen molar-refractivity contribution in [3.05, 3.63) is 54.5 Å². The van der Waals surface area contributed by atoms with Gasteiger partial charge in [0.05, 0.1) is 46.8 Å². The number of amides is 1. The first kappa shape index (κ1) is 23.5. The fourth-order valence-corrected chi connectivity index (χ4v) is 5.47. The molecule has 37 heavy (non-hydrogen) atoms. The summed E-state index contributed by atoms with van der Waals surface area (Å²) in [5, 5.41) is 20.4. The molecule has 0 bridgehead atoms. The number of ether oxygens (including phenoxy) is 1. The van der Waals surface area contributed by atoms with Crippen LogP contribution in [0.15, 0.2) is 48.9 Å². The van der Waals surface area contributed by atoms with Crippen molar-refractivity contribution in [3.8, 4) is 21.8 Å². The van der Waals surface area contributed by atoms with Gasteiger partial charge in [0.1, 0.15) is 0 Å². The Morgan fingerprint density at radius 2 is 2.08 bits per heavy atom. The van der Waals surface area contributed by atoms with Crippen LogP contribution in [0, 0.1) is 0 Å². The number of thiophene rings is 1. The molecule has 10 nitrogen and oxygen atoms in total. The van der Waals surface area contributed by atoms with E-state index < -0.39 is 6.10 Å². The number of carbonyl (C=O) groups is 1. The molecule has 11 heteroatoms. The number of rotatable bonds is 6. The van der Waals surface area contributed by atoms with E-state index in [1.165, 1.54) is 6.20 Å². The van der Waals surface area contributed by atoms with Crippen molar-refractivity contribution < 1.29 is 14.6 Å². The summed E-state index contributed by atoms with van der Waals surface area (Å²) in [4.78, 5) is 30.0. The molecule has 1 saturated heterocycles. The van der Waals surface area contributed by atoms with Crippen LogP contribution < -0.4 is 10.2 Å². The van der Waals surface area contributed by atoms with Crippen molar-refractivity contribution in [2.45, 2.75) is 13.0 Å². The highest BCUT2D eigenvalue weighted by Gasteiger charge is 2.22. The summed E-state index contributed by atoms with van der Waals surface area (Å²) in [6.07, 6.45) is 4.44. The van der Waals surface area contributed by atoms with Crippen LogP contribution in [-0.4, -0.2) is 75.1 Å². The second-order valence-corrected chi connectivity index (χ2v) is 10.0. The number of morpholine rings is 1. The highest BCUT2D eigenvalue weighted by Crippen LogP contribution is 2.39. The Morgan fingerprint density at radius 3 is 2.92 bits per heavy atom. The lowest BCUT2D eigenvalue weighted by molar-refractivity contribution is 0.0923. The summed E-state index contributed by atoms with van der Waals surface area (Å²) < 4.78 is 6.56. The third-order valence-electron chi connectivity index (χ3n) is 6.23. The third-order valence-corrected chi connectivity index (χ3v) is 7.40. The lowest BCUT2D eigenvalue weighted by atomic mass is 10.1. The van der Waals surface area contributed by atoms with Gasteiger partial charge in [-0.1, -0.05) is 12.1 Å². The SMILES string of the molecule is C[C@H](O)CNC(=O)c1cncc(-c2cc3nc(-c4cccc5[nH]ncc45)nc(N4CCOCC4)c3s2)c1. The number of hydrogen-bond donors (Lipinski definition) is 3. The highest BCUT2D eigenvalue weighted by molar-refractivity contribution is 7.22. The topological polar surface area (TPSA) is 129 Å². The number of aromatic nitrogens is 5. The Morgan fingerprint density at radius 1 is 1.22 bits per heavy atom. The molecule has 6 rings (SSSR count). The predicted molar refractivity (Wildman–Crippen MR) is 143 cm³/mol. The van der Waals surface area contributed by atoms with Crippen molar-refractivity contribution >= 4 is 44.2 Å². The minimum atomic E-state index is -0.623. The Labute approximate surface area is 216 Å². The van der Waals surface area contributed by atoms with Crippen LogP contribution >= 0.6 is 11.3 Å². The number of H-pyrrole nitrogens is 1. The van der Waals surface area contributed by atoms with Crippen molar-refractivity contribution in [1.82, 2.24) is 30.5 Å². The van der Waals surface area contributed by atoms with Gasteiger partial charge >= 0.3 is 0 Å². The first-order valence-corrected chi connectivity index (χ1v) is 12.9. The summed E-state index contributed by atoms with van der Waals surface area (Å²) >= 11 is 1.58. The molecule has 1 atom stereocenters. The van der Waals surface area contributed by atoms with Gasteiger partial charge in [0.15, 0.2) is 11.6 Å². The van der Waals surface area contributed by atoms with Gasteiger partial charge in [-0.05, 0) is 25.1 Å². The second-order valence-electron chi connectivity index (χ2n) is 8.95. The van der Waals surface area contributed by atoms with Gasteiger partial charge in [-0.25, -0.2) is 9.97 Å². The van der Waals surface area contributed by atoms with Crippen molar-refractivity contribution in [1.29, 1.82) is 0 Å². The summed E-state index contributed by atoms with van der Waals surface area (Å²) in [6, 6.07) is 9.79. The van der Waals surface area contributed by atoms with E-state index >= 15 is 0 Å². The maximum absolute atomic E-state index is 12.5. The Hall–Kier alpha value is -3.93. The lowest BCUT2D eigenvalue weighted by Gasteiger charge is -2.28. The van der Waals surface area contributed by atoms with Gasteiger partial charge < -0.3 is 20.1 Å². The van der Waals surface area contributed by atoms with E-state index in [0.29, 0.717) is 24.6 Å². The highest BCUT2D eigenvalue weighted by atomic mass is 32.1. The van der Waals surface area contributed by atoms with E-state index in [4.69, 9.17) is 14.7 Å². The van der Waals surface area contributed by atoms with Gasteiger partial charge in [-0.15, -0.1) is 11.3 Å². The number of aliphatic hydroxyl groups excluding tert-OH is 1. The number of benzene rings is 1. The van der Waals surface area contributed by atoms with Crippen LogP contribution in [0.1, 0.15) is 17.3 Å². The summed E-state index contributed by atoms with van der Waals surface area (Å²) in [6.45, 7) is 4.58. The minimum absolute atomic E-state index is 0.177. The molecule has 188 valence electrons. The van der Waals surface area contributed by atoms with Crippen LogP contribution in [0.3, 0.4) is 0 Å². The molecule has 0 aliphatic carbocycles. The number of aromatic amines is 1. The molecule has 0 unspecified atom stereocenters. The number of anilines is 1. The van der Waals surface area contributed by atoms with E-state index in [2.05, 4.69) is 25.4 Å². The number of carbonyl (C=O) groups excluding carboxylic acids is 1. The molecular formula is C26H25N7O3S. The molecule has 0 spiro atoms. The van der Waals surface area contributed by atoms with Crippen LogP contribution in [-0.2, 0) is 4.74 Å². The quantitative estimate of drug-likeness (QED) is 0.314. The molecule has 0 radical (unpaired) electrons. The van der Waals surface area contributed by atoms with Crippen molar-refractivity contribution in [3.63, 3.8) is 0 Å². The van der Waals surface area contributed by atoms with Crippen LogP contribution in [0.25, 0.3) is 42.9 Å². The van der Waals surface area contributed by atoms with Crippen molar-refractivity contribution in [2.75, 3.05) is 37.7 Å². The lowest BCUT2D eigenvalue weighted by Crippen LogP contribution is -2.36. The third kappa shape index (κ3) is 4.64. The molecule has 1 amide bonds. The second kappa shape index (κ2) is 9.85. The molecule has 1 aliphatic rings. The Balaban J connectivity index is 1.45. The minimum Gasteiger partial charge on any atom is -0.392 e. The number of hydrogen-bond acceptors (Lipinski definition) is 9. The largest absolute Gasteiger partial charge is 0.392 e. The van der Waals surface area contributed by atoms with E-state index in [1.807, 2.05) is 30.3 Å². The zero-order chi connectivity index (χ0) is 25.4. The summed E-state index contributed by atoms with van der Waals surface area (Å²) in [7, 11) is 0. The van der Waals surface area contributed by atoms with E-state index in [-0.39, 0.29) is 12.5 Å². The average molecular weight is 516 g/mol. The van der Waals surface area contributed by atoms with E-state index in [0.717, 1.165) is 56.0 Å². The molecule has 4 aromatic heterocycles. The number of pyridine rings is 1. The van der Waals surface area contributed by atoms with Crippen molar-refractivity contribution in [2.24, 2.45) is 0 Å². The first-order valence-electron chi connectivity index (χ1n) is 12.1. The molecule has 1 aliphatic heterocycles. The molecule has 5 heterocycles. The van der Waals surface area contributed by atoms with Gasteiger partial charge in [0, 0.05) is 53.4 Å². The van der Waals surface area contributed by atoms with Gasteiger partial charge in [0.2, 0.25) is 0 Å². The van der Waals surface area contributed by atoms with Gasteiger partial charge in [0.25, 0.3) is 5.91 Å². The Kier molecular flexibility index (Phi) is 6.25. The monoisotopic (exact) mass is 515 g/mol. The normalized spacial score (nSPS) is 14.8. The molecule has 1 fully saturated rings. The zero-order valence-corrected chi connectivity index (χ0v) is 21.0. The smallest absolute Gasteiger partial charge is 0.252 e. The number of aliphatic hydroxyl groups is 1. The number of nitrogens with zero attached hydrogens (tertiary/aromatic N) is 5. The first-order chi connectivity index (χ1) is 18.1. The van der Waals surface area contributed by atoms with Gasteiger partial charge in [-0.2, -0.15) is 5.10 Å². The van der Waals surface area contributed by atoms with Gasteiger partial charge in [-0.3, -0.25) is 14.9 Å². The fraction of sp³-hybridized carbons (Fsp3) is 0.269. The fourth-order valence-electron chi connectivity index (χ4n) is 4.37. The molecule has 0 saturated carbocycles. The Bertz CT molecular complexity index is 1590. The summed E-state index contributed by atoms with van der Waals surface area (Å²) in [5.74, 6) is 1.23.